The molecular formula is H11CoNO7S. The van der Waals surface area contributed by atoms with Crippen molar-refractivity contribution in [1.29, 1.82) is 0 Å². The van der Waals surface area contributed by atoms with Gasteiger partial charge in [-0.1, -0.05) is 0 Å². The van der Waals surface area contributed by atoms with E-state index in [0.29, 0.717) is 0 Å². The van der Waals surface area contributed by atoms with Gasteiger partial charge >= 0.3 is 10.3 Å². The number of rotatable bonds is 0. The summed E-state index contributed by atoms with van der Waals surface area (Å²) in [6.07, 6.45) is 0. The molecule has 10 heavy (non-hydrogen) atoms. The predicted molar refractivity (Wildman–Crippen MR) is 30.2 cm³/mol. The fourth-order valence-electron chi connectivity index (χ4n) is 0. The first-order valence-corrected chi connectivity index (χ1v) is 2.25. The van der Waals surface area contributed by atoms with E-state index in [9.17, 15) is 0 Å². The molecule has 0 aliphatic carbocycles. The molecule has 0 aromatic carbocycles. The smallest absolute Gasteiger partial charge is 0.330 e. The summed E-state index contributed by atoms with van der Waals surface area (Å²) < 4.78 is 25.2. The third kappa shape index (κ3) is 9130. The summed E-state index contributed by atoms with van der Waals surface area (Å²) in [5.41, 5.74) is 0. The number of hydrogen-bond acceptors (Lipinski definition) is 2. The van der Waals surface area contributed by atoms with E-state index in [-0.39, 0.29) is 38.7 Å². The van der Waals surface area contributed by atoms with E-state index >= 15 is 0 Å². The summed E-state index contributed by atoms with van der Waals surface area (Å²) in [6.45, 7) is 0. The van der Waals surface area contributed by atoms with Gasteiger partial charge in [0.1, 0.15) is 0 Å². The van der Waals surface area contributed by atoms with Crippen molar-refractivity contribution in [2.45, 2.75) is 0 Å². The van der Waals surface area contributed by atoms with Crippen LogP contribution in [0.3, 0.4) is 0 Å². The monoisotopic (exact) mass is 228 g/mol. The standard InChI is InChI=1S/Co.H3NO3S.4H2O/c;1-5(2,3)4;;;;/h;(H3,1,2,3,4);4*1H2. The molecule has 0 aromatic rings. The van der Waals surface area contributed by atoms with Crippen molar-refractivity contribution in [2.24, 2.45) is 5.14 Å². The quantitative estimate of drug-likeness (QED) is 0.392. The van der Waals surface area contributed by atoms with Crippen molar-refractivity contribution in [3.05, 3.63) is 0 Å². The van der Waals surface area contributed by atoms with Crippen molar-refractivity contribution in [3.8, 4) is 0 Å². The van der Waals surface area contributed by atoms with E-state index in [1.165, 1.54) is 0 Å². The van der Waals surface area contributed by atoms with Gasteiger partial charge < -0.3 is 21.9 Å². The van der Waals surface area contributed by atoms with Crippen LogP contribution in [0.25, 0.3) is 0 Å². The zero-order chi connectivity index (χ0) is 4.50. The van der Waals surface area contributed by atoms with Crippen LogP contribution >= 0.6 is 0 Å². The molecular weight excluding hydrogens is 217 g/mol. The minimum Gasteiger partial charge on any atom is -0.412 e. The van der Waals surface area contributed by atoms with Crippen LogP contribution in [0.2, 0.25) is 0 Å². The molecule has 10 heteroatoms. The molecule has 0 aliphatic rings. The Morgan fingerprint density at radius 3 is 1.00 bits per heavy atom. The van der Waals surface area contributed by atoms with Crippen LogP contribution in [-0.4, -0.2) is 34.9 Å². The second-order valence-corrected chi connectivity index (χ2v) is 1.54. The van der Waals surface area contributed by atoms with Crippen LogP contribution in [0, 0.1) is 0 Å². The average Bonchev–Trinajstić information content (AvgIpc) is 0.722. The van der Waals surface area contributed by atoms with Gasteiger partial charge in [-0.05, 0) is 0 Å². The maximum absolute atomic E-state index is 8.97. The van der Waals surface area contributed by atoms with E-state index < -0.39 is 10.3 Å². The third-order valence-electron chi connectivity index (χ3n) is 0. The normalized spacial score (nSPS) is 5.80. The van der Waals surface area contributed by atoms with Gasteiger partial charge in [0.25, 0.3) is 0 Å². The van der Waals surface area contributed by atoms with Gasteiger partial charge in [-0.2, -0.15) is 8.42 Å². The van der Waals surface area contributed by atoms with Crippen LogP contribution in [-0.2, 0) is 27.1 Å². The van der Waals surface area contributed by atoms with Gasteiger partial charge in [0.05, 0.1) is 0 Å². The van der Waals surface area contributed by atoms with Gasteiger partial charge in [0.15, 0.2) is 0 Å². The van der Waals surface area contributed by atoms with E-state index in [0.717, 1.165) is 0 Å². The molecule has 0 saturated carbocycles. The molecule has 0 aromatic heterocycles. The summed E-state index contributed by atoms with van der Waals surface area (Å²) in [7, 11) is -4.17. The van der Waals surface area contributed by atoms with Crippen molar-refractivity contribution in [1.82, 2.24) is 0 Å². The Kier molecular flexibility index (Phi) is 78.6. The maximum Gasteiger partial charge on any atom is 0.330 e. The van der Waals surface area contributed by atoms with E-state index in [1.807, 2.05) is 0 Å². The number of nitrogens with two attached hydrogens (primary N) is 1. The topological polar surface area (TPSA) is 206 Å². The third-order valence-corrected chi connectivity index (χ3v) is 0. The Morgan fingerprint density at radius 2 is 1.00 bits per heavy atom. The van der Waals surface area contributed by atoms with Crippen LogP contribution in [0.4, 0.5) is 0 Å². The molecule has 1 radical (unpaired) electrons. The number of hydrogen-bond donors (Lipinski definition) is 2. The van der Waals surface area contributed by atoms with Crippen molar-refractivity contribution in [3.63, 3.8) is 0 Å². The Morgan fingerprint density at radius 1 is 1.00 bits per heavy atom. The van der Waals surface area contributed by atoms with Gasteiger partial charge in [-0.25, -0.2) is 5.14 Å². The average molecular weight is 228 g/mol. The van der Waals surface area contributed by atoms with Crippen molar-refractivity contribution >= 4 is 10.3 Å². The molecule has 73 valence electrons. The molecule has 0 aliphatic heterocycles. The Balaban J connectivity index is -0.00000000800. The SMILES string of the molecule is NS(=O)(=O)O.O.O.O.O.[Co]. The summed E-state index contributed by atoms with van der Waals surface area (Å²) in [4.78, 5) is 0. The fraction of sp³-hybridized carbons (Fsp3) is 0. The van der Waals surface area contributed by atoms with Crippen molar-refractivity contribution < 1.29 is 51.7 Å². The van der Waals surface area contributed by atoms with Crippen LogP contribution in [0.1, 0.15) is 0 Å². The van der Waals surface area contributed by atoms with Gasteiger partial charge in [-0.3, -0.25) is 4.55 Å². The van der Waals surface area contributed by atoms with E-state index in [2.05, 4.69) is 5.14 Å². The molecule has 0 unspecified atom stereocenters. The molecule has 0 heterocycles. The Hall–Kier alpha value is 0.216. The van der Waals surface area contributed by atoms with Gasteiger partial charge in [-0.15, -0.1) is 0 Å². The molecule has 0 atom stereocenters. The summed E-state index contributed by atoms with van der Waals surface area (Å²) in [5.74, 6) is 0. The maximum atomic E-state index is 8.97. The molecule has 0 bridgehead atoms. The summed E-state index contributed by atoms with van der Waals surface area (Å²) in [5, 5.41) is 3.88. The molecule has 0 amide bonds. The summed E-state index contributed by atoms with van der Waals surface area (Å²) >= 11 is 0. The van der Waals surface area contributed by atoms with Gasteiger partial charge in [0.2, 0.25) is 0 Å². The zero-order valence-electron chi connectivity index (χ0n) is 4.58. The van der Waals surface area contributed by atoms with Crippen LogP contribution in [0.5, 0.6) is 0 Å². The fourth-order valence-corrected chi connectivity index (χ4v) is 0. The summed E-state index contributed by atoms with van der Waals surface area (Å²) in [6, 6.07) is 0. The molecule has 11 N–H and O–H groups in total. The van der Waals surface area contributed by atoms with E-state index in [1.54, 1.807) is 0 Å². The minimum atomic E-state index is -4.17. The van der Waals surface area contributed by atoms with Crippen molar-refractivity contribution in [2.75, 3.05) is 0 Å². The second kappa shape index (κ2) is 16.1. The first kappa shape index (κ1) is 48.8. The molecule has 0 fully saturated rings. The second-order valence-electron chi connectivity index (χ2n) is 0.515. The first-order valence-electron chi connectivity index (χ1n) is 0.752. The van der Waals surface area contributed by atoms with Crippen LogP contribution < -0.4 is 5.14 Å². The van der Waals surface area contributed by atoms with E-state index in [4.69, 9.17) is 13.0 Å². The largest absolute Gasteiger partial charge is 0.412 e. The zero-order valence-corrected chi connectivity index (χ0v) is 6.44. The molecule has 0 spiro atoms. The minimum absolute atomic E-state index is 0. The Labute approximate surface area is 67.7 Å². The molecule has 0 saturated heterocycles. The Bertz CT molecular complexity index is 96.8. The predicted octanol–water partition coefficient (Wildman–Crippen LogP) is -4.55. The molecule has 8 nitrogen and oxygen atoms in total. The van der Waals surface area contributed by atoms with Gasteiger partial charge in [0, 0.05) is 16.8 Å². The molecule has 0 rings (SSSR count). The van der Waals surface area contributed by atoms with Crippen LogP contribution in [0.15, 0.2) is 0 Å². The first-order chi connectivity index (χ1) is 2.00.